The van der Waals surface area contributed by atoms with Crippen LogP contribution < -0.4 is 5.32 Å². The number of hydrogen-bond donors (Lipinski definition) is 1. The highest BCUT2D eigenvalue weighted by Gasteiger charge is 2.05. The van der Waals surface area contributed by atoms with Crippen LogP contribution in [0.25, 0.3) is 10.9 Å². The number of hydrogen-bond acceptors (Lipinski definition) is 2. The molecule has 1 heterocycles. The first-order valence-corrected chi connectivity index (χ1v) is 7.46. The quantitative estimate of drug-likeness (QED) is 0.718. The van der Waals surface area contributed by atoms with E-state index in [1.807, 2.05) is 6.07 Å². The Morgan fingerprint density at radius 3 is 2.86 bits per heavy atom. The summed E-state index contributed by atoms with van der Waals surface area (Å²) in [6.07, 6.45) is 1.80. The Kier molecular flexibility index (Phi) is 3.88. The summed E-state index contributed by atoms with van der Waals surface area (Å²) in [6.45, 7) is 2.68. The molecule has 106 valence electrons. The number of halogens is 2. The van der Waals surface area contributed by atoms with E-state index in [0.717, 1.165) is 27.7 Å². The minimum Gasteiger partial charge on any atom is -0.380 e. The zero-order valence-corrected chi connectivity index (χ0v) is 13.1. The predicted molar refractivity (Wildman–Crippen MR) is 87.9 cm³/mol. The number of aryl methyl sites for hydroxylation is 1. The van der Waals surface area contributed by atoms with Crippen LogP contribution >= 0.6 is 15.9 Å². The highest BCUT2D eigenvalue weighted by molar-refractivity contribution is 9.10. The van der Waals surface area contributed by atoms with Gasteiger partial charge >= 0.3 is 0 Å². The first kappa shape index (κ1) is 14.0. The maximum atomic E-state index is 13.2. The topological polar surface area (TPSA) is 24.9 Å². The van der Waals surface area contributed by atoms with Crippen LogP contribution in [0, 0.1) is 12.7 Å². The first-order valence-electron chi connectivity index (χ1n) is 6.67. The van der Waals surface area contributed by atoms with Gasteiger partial charge in [-0.15, -0.1) is 0 Å². The Morgan fingerprint density at radius 2 is 2.05 bits per heavy atom. The van der Waals surface area contributed by atoms with Crippen LogP contribution in [0.15, 0.2) is 53.1 Å². The zero-order chi connectivity index (χ0) is 14.8. The van der Waals surface area contributed by atoms with E-state index in [1.165, 1.54) is 6.07 Å². The minimum atomic E-state index is -0.247. The summed E-state index contributed by atoms with van der Waals surface area (Å²) in [7, 11) is 0. The molecule has 0 radical (unpaired) electrons. The van der Waals surface area contributed by atoms with Crippen molar-refractivity contribution in [3.05, 3.63) is 70.1 Å². The SMILES string of the molecule is Cc1ccc(NCc2ccc(F)c(Br)c2)c2cccnc12. The van der Waals surface area contributed by atoms with Gasteiger partial charge in [0.25, 0.3) is 0 Å². The van der Waals surface area contributed by atoms with Crippen LogP contribution in [-0.2, 0) is 6.54 Å². The molecule has 0 aliphatic carbocycles. The molecule has 3 rings (SSSR count). The largest absolute Gasteiger partial charge is 0.380 e. The van der Waals surface area contributed by atoms with Crippen molar-refractivity contribution in [3.8, 4) is 0 Å². The monoisotopic (exact) mass is 344 g/mol. The van der Waals surface area contributed by atoms with E-state index in [4.69, 9.17) is 0 Å². The van der Waals surface area contributed by atoms with E-state index < -0.39 is 0 Å². The molecular formula is C17H14BrFN2. The molecule has 21 heavy (non-hydrogen) atoms. The standard InChI is InChI=1S/C17H14BrFN2/c1-11-4-7-16(13-3-2-8-20-17(11)13)21-10-12-5-6-15(19)14(18)9-12/h2-9,21H,10H2,1H3. The molecule has 0 spiro atoms. The maximum Gasteiger partial charge on any atom is 0.137 e. The van der Waals surface area contributed by atoms with E-state index in [0.29, 0.717) is 11.0 Å². The molecule has 0 amide bonds. The van der Waals surface area contributed by atoms with Gasteiger partial charge in [0.1, 0.15) is 5.82 Å². The lowest BCUT2D eigenvalue weighted by molar-refractivity contribution is 0.620. The molecule has 0 fully saturated rings. The molecule has 0 saturated carbocycles. The van der Waals surface area contributed by atoms with Crippen LogP contribution in [0.3, 0.4) is 0 Å². The van der Waals surface area contributed by atoms with Crippen molar-refractivity contribution < 1.29 is 4.39 Å². The molecule has 0 atom stereocenters. The lowest BCUT2D eigenvalue weighted by Crippen LogP contribution is -2.01. The molecule has 0 saturated heterocycles. The summed E-state index contributed by atoms with van der Waals surface area (Å²) in [4.78, 5) is 4.43. The number of fused-ring (bicyclic) bond motifs is 1. The van der Waals surface area contributed by atoms with Crippen LogP contribution in [0.1, 0.15) is 11.1 Å². The number of anilines is 1. The van der Waals surface area contributed by atoms with E-state index in [-0.39, 0.29) is 5.82 Å². The average Bonchev–Trinajstić information content (AvgIpc) is 2.50. The van der Waals surface area contributed by atoms with Crippen molar-refractivity contribution in [2.45, 2.75) is 13.5 Å². The average molecular weight is 345 g/mol. The third-order valence-corrected chi connectivity index (χ3v) is 4.05. The highest BCUT2D eigenvalue weighted by atomic mass is 79.9. The summed E-state index contributed by atoms with van der Waals surface area (Å²) >= 11 is 3.21. The molecule has 0 aliphatic heterocycles. The minimum absolute atomic E-state index is 0.247. The van der Waals surface area contributed by atoms with Crippen molar-refractivity contribution in [2.24, 2.45) is 0 Å². The van der Waals surface area contributed by atoms with E-state index in [2.05, 4.69) is 51.4 Å². The van der Waals surface area contributed by atoms with Gasteiger partial charge in [-0.05, 0) is 64.3 Å². The summed E-state index contributed by atoms with van der Waals surface area (Å²) in [5.41, 5.74) is 4.20. The van der Waals surface area contributed by atoms with Crippen molar-refractivity contribution in [1.82, 2.24) is 4.98 Å². The number of nitrogens with one attached hydrogen (secondary N) is 1. The van der Waals surface area contributed by atoms with Gasteiger partial charge in [0.2, 0.25) is 0 Å². The third kappa shape index (κ3) is 2.90. The van der Waals surface area contributed by atoms with Crippen molar-refractivity contribution >= 4 is 32.5 Å². The molecule has 2 aromatic carbocycles. The lowest BCUT2D eigenvalue weighted by atomic mass is 10.1. The fourth-order valence-electron chi connectivity index (χ4n) is 2.31. The van der Waals surface area contributed by atoms with Crippen molar-refractivity contribution in [3.63, 3.8) is 0 Å². The van der Waals surface area contributed by atoms with E-state index >= 15 is 0 Å². The fraction of sp³-hybridized carbons (Fsp3) is 0.118. The van der Waals surface area contributed by atoms with Gasteiger partial charge in [-0.2, -0.15) is 0 Å². The summed E-state index contributed by atoms with van der Waals surface area (Å²) in [5.74, 6) is -0.247. The molecule has 3 aromatic rings. The Labute approximate surface area is 131 Å². The second-order valence-corrected chi connectivity index (χ2v) is 5.79. The number of benzene rings is 2. The molecule has 0 bridgehead atoms. The van der Waals surface area contributed by atoms with Crippen molar-refractivity contribution in [2.75, 3.05) is 5.32 Å². The Hall–Kier alpha value is -1.94. The number of aromatic nitrogens is 1. The maximum absolute atomic E-state index is 13.2. The lowest BCUT2D eigenvalue weighted by Gasteiger charge is -2.11. The van der Waals surface area contributed by atoms with Gasteiger partial charge < -0.3 is 5.32 Å². The van der Waals surface area contributed by atoms with Gasteiger partial charge in [0.05, 0.1) is 9.99 Å². The smallest absolute Gasteiger partial charge is 0.137 e. The van der Waals surface area contributed by atoms with Gasteiger partial charge in [-0.25, -0.2) is 4.39 Å². The van der Waals surface area contributed by atoms with Crippen LogP contribution in [0.5, 0.6) is 0 Å². The van der Waals surface area contributed by atoms with Crippen LogP contribution in [0.2, 0.25) is 0 Å². The number of pyridine rings is 1. The molecule has 2 nitrogen and oxygen atoms in total. The predicted octanol–water partition coefficient (Wildman–Crippen LogP) is 5.06. The summed E-state index contributed by atoms with van der Waals surface area (Å²) in [6, 6.07) is 13.1. The first-order chi connectivity index (χ1) is 10.1. The van der Waals surface area contributed by atoms with Gasteiger partial charge in [0, 0.05) is 23.8 Å². The van der Waals surface area contributed by atoms with E-state index in [9.17, 15) is 4.39 Å². The Morgan fingerprint density at radius 1 is 1.19 bits per heavy atom. The van der Waals surface area contributed by atoms with Crippen LogP contribution in [0.4, 0.5) is 10.1 Å². The van der Waals surface area contributed by atoms with Gasteiger partial charge in [-0.1, -0.05) is 12.1 Å². The second kappa shape index (κ2) is 5.82. The van der Waals surface area contributed by atoms with Gasteiger partial charge in [-0.3, -0.25) is 4.98 Å². The molecular weight excluding hydrogens is 331 g/mol. The van der Waals surface area contributed by atoms with E-state index in [1.54, 1.807) is 18.3 Å². The normalized spacial score (nSPS) is 10.8. The number of rotatable bonds is 3. The molecule has 1 aromatic heterocycles. The number of nitrogens with zero attached hydrogens (tertiary/aromatic N) is 1. The molecule has 0 aliphatic rings. The Balaban J connectivity index is 1.88. The Bertz CT molecular complexity index is 802. The summed E-state index contributed by atoms with van der Waals surface area (Å²) < 4.78 is 13.7. The second-order valence-electron chi connectivity index (χ2n) is 4.93. The highest BCUT2D eigenvalue weighted by Crippen LogP contribution is 2.25. The molecule has 1 N–H and O–H groups in total. The molecule has 4 heteroatoms. The third-order valence-electron chi connectivity index (χ3n) is 3.44. The van der Waals surface area contributed by atoms with Gasteiger partial charge in [0.15, 0.2) is 0 Å². The molecule has 0 unspecified atom stereocenters. The van der Waals surface area contributed by atoms with Crippen LogP contribution in [-0.4, -0.2) is 4.98 Å². The fourth-order valence-corrected chi connectivity index (χ4v) is 2.74. The summed E-state index contributed by atoms with van der Waals surface area (Å²) in [5, 5.41) is 4.49. The zero-order valence-electron chi connectivity index (χ0n) is 11.5. The van der Waals surface area contributed by atoms with Crippen molar-refractivity contribution in [1.29, 1.82) is 0 Å².